The highest BCUT2D eigenvalue weighted by Gasteiger charge is 2.31. The predicted octanol–water partition coefficient (Wildman–Crippen LogP) is -3.33. The zero-order valence-electron chi connectivity index (χ0n) is 17.1. The van der Waals surface area contributed by atoms with Gasteiger partial charge in [-0.25, -0.2) is 4.79 Å². The minimum atomic E-state index is -1.46. The molecule has 10 N–H and O–H groups in total. The average Bonchev–Trinajstić information content (AvgIpc) is 2.63. The number of carbonyl (C=O) groups is 6. The Morgan fingerprint density at radius 3 is 1.80 bits per heavy atom. The number of rotatable bonds is 13. The monoisotopic (exact) mass is 430 g/mol. The summed E-state index contributed by atoms with van der Waals surface area (Å²) in [6, 6.07) is -5.16. The number of nitrogens with two attached hydrogens (primary N) is 3. The van der Waals surface area contributed by atoms with Crippen LogP contribution in [0.1, 0.15) is 40.0 Å². The van der Waals surface area contributed by atoms with Gasteiger partial charge in [0, 0.05) is 0 Å². The van der Waals surface area contributed by atoms with E-state index < -0.39 is 78.4 Å². The molecular formula is C17H30N6O7. The lowest BCUT2D eigenvalue weighted by atomic mass is 9.98. The van der Waals surface area contributed by atoms with E-state index in [9.17, 15) is 33.9 Å². The number of hydrogen-bond acceptors (Lipinski definition) is 7. The van der Waals surface area contributed by atoms with Crippen molar-refractivity contribution in [3.63, 3.8) is 0 Å². The Bertz CT molecular complexity index is 684. The first-order valence-electron chi connectivity index (χ1n) is 9.26. The van der Waals surface area contributed by atoms with Gasteiger partial charge in [0.2, 0.25) is 29.5 Å². The molecule has 0 spiro atoms. The maximum absolute atomic E-state index is 12.5. The molecule has 0 saturated carbocycles. The van der Waals surface area contributed by atoms with E-state index in [0.29, 0.717) is 6.42 Å². The highest BCUT2D eigenvalue weighted by molar-refractivity contribution is 5.96. The molecule has 30 heavy (non-hydrogen) atoms. The molecule has 0 saturated heterocycles. The van der Waals surface area contributed by atoms with Crippen molar-refractivity contribution in [3.05, 3.63) is 0 Å². The zero-order valence-corrected chi connectivity index (χ0v) is 17.1. The van der Waals surface area contributed by atoms with Gasteiger partial charge in [-0.2, -0.15) is 0 Å². The van der Waals surface area contributed by atoms with Crippen LogP contribution in [0.25, 0.3) is 0 Å². The van der Waals surface area contributed by atoms with Gasteiger partial charge in [0.1, 0.15) is 18.1 Å². The Balaban J connectivity index is 5.18. The Morgan fingerprint density at radius 1 is 0.833 bits per heavy atom. The minimum absolute atomic E-state index is 0.415. The van der Waals surface area contributed by atoms with Crippen LogP contribution in [0.4, 0.5) is 0 Å². The number of carboxylic acids is 1. The van der Waals surface area contributed by atoms with Crippen LogP contribution < -0.4 is 33.2 Å². The smallest absolute Gasteiger partial charge is 0.326 e. The van der Waals surface area contributed by atoms with Crippen molar-refractivity contribution < 1.29 is 33.9 Å². The van der Waals surface area contributed by atoms with Crippen LogP contribution in [-0.2, 0) is 28.8 Å². The lowest BCUT2D eigenvalue weighted by Crippen LogP contribution is -2.57. The zero-order chi connectivity index (χ0) is 23.6. The van der Waals surface area contributed by atoms with Crippen molar-refractivity contribution >= 4 is 35.5 Å². The van der Waals surface area contributed by atoms with Crippen LogP contribution in [0.5, 0.6) is 0 Å². The van der Waals surface area contributed by atoms with Gasteiger partial charge >= 0.3 is 5.97 Å². The summed E-state index contributed by atoms with van der Waals surface area (Å²) in [5, 5.41) is 16.0. The van der Waals surface area contributed by atoms with Gasteiger partial charge < -0.3 is 38.3 Å². The van der Waals surface area contributed by atoms with E-state index >= 15 is 0 Å². The number of primary amides is 2. The fourth-order valence-electron chi connectivity index (χ4n) is 2.34. The Morgan fingerprint density at radius 2 is 1.37 bits per heavy atom. The third-order valence-electron chi connectivity index (χ3n) is 4.33. The summed E-state index contributed by atoms with van der Waals surface area (Å²) in [6.45, 7) is 4.64. The number of hydrogen-bond donors (Lipinski definition) is 7. The average molecular weight is 430 g/mol. The fourth-order valence-corrected chi connectivity index (χ4v) is 2.34. The lowest BCUT2D eigenvalue weighted by Gasteiger charge is -2.25. The Hall–Kier alpha value is -3.22. The van der Waals surface area contributed by atoms with Crippen molar-refractivity contribution in [3.8, 4) is 0 Å². The summed E-state index contributed by atoms with van der Waals surface area (Å²) in [7, 11) is 0. The maximum Gasteiger partial charge on any atom is 0.326 e. The molecule has 0 aromatic carbocycles. The van der Waals surface area contributed by atoms with Crippen LogP contribution in [0.2, 0.25) is 0 Å². The summed E-state index contributed by atoms with van der Waals surface area (Å²) in [6.07, 6.45) is -0.565. The molecule has 0 heterocycles. The molecule has 5 atom stereocenters. The van der Waals surface area contributed by atoms with E-state index in [0.717, 1.165) is 0 Å². The van der Waals surface area contributed by atoms with Crippen molar-refractivity contribution in [1.82, 2.24) is 16.0 Å². The normalized spacial score (nSPS) is 15.6. The molecule has 0 aliphatic heterocycles. The van der Waals surface area contributed by atoms with Gasteiger partial charge in [0.25, 0.3) is 0 Å². The van der Waals surface area contributed by atoms with Gasteiger partial charge in [0.15, 0.2) is 0 Å². The number of aliphatic carboxylic acids is 1. The van der Waals surface area contributed by atoms with Crippen LogP contribution in [0.3, 0.4) is 0 Å². The molecule has 0 aliphatic rings. The first-order chi connectivity index (χ1) is 13.8. The van der Waals surface area contributed by atoms with Crippen LogP contribution in [0.15, 0.2) is 0 Å². The molecule has 0 aromatic heterocycles. The molecule has 5 amide bonds. The van der Waals surface area contributed by atoms with Crippen LogP contribution in [-0.4, -0.2) is 64.8 Å². The van der Waals surface area contributed by atoms with Crippen LogP contribution >= 0.6 is 0 Å². The largest absolute Gasteiger partial charge is 0.480 e. The number of carbonyl (C=O) groups excluding carboxylic acids is 5. The van der Waals surface area contributed by atoms with Gasteiger partial charge in [0.05, 0.1) is 18.9 Å². The van der Waals surface area contributed by atoms with Crippen molar-refractivity contribution in [2.24, 2.45) is 23.1 Å². The molecule has 170 valence electrons. The maximum atomic E-state index is 12.5. The molecule has 0 bridgehead atoms. The fraction of sp³-hybridized carbons (Fsp3) is 0.647. The highest BCUT2D eigenvalue weighted by Crippen LogP contribution is 2.09. The first kappa shape index (κ1) is 26.8. The van der Waals surface area contributed by atoms with E-state index in [-0.39, 0.29) is 0 Å². The molecule has 0 aromatic rings. The molecule has 13 heteroatoms. The molecular weight excluding hydrogens is 400 g/mol. The van der Waals surface area contributed by atoms with Crippen molar-refractivity contribution in [2.75, 3.05) is 0 Å². The van der Waals surface area contributed by atoms with E-state index in [1.165, 1.54) is 6.92 Å². The second-order valence-electron chi connectivity index (χ2n) is 6.95. The second-order valence-corrected chi connectivity index (χ2v) is 6.95. The summed E-state index contributed by atoms with van der Waals surface area (Å²) >= 11 is 0. The van der Waals surface area contributed by atoms with Gasteiger partial charge in [-0.1, -0.05) is 20.3 Å². The Labute approximate surface area is 173 Å². The highest BCUT2D eigenvalue weighted by atomic mass is 16.4. The van der Waals surface area contributed by atoms with E-state index in [1.54, 1.807) is 13.8 Å². The summed E-state index contributed by atoms with van der Waals surface area (Å²) < 4.78 is 0. The quantitative estimate of drug-likeness (QED) is 0.155. The standard InChI is InChI=1S/C17H30N6O7/c1-4-7(2)13(17(29)30)23-16(28)10(6-12(20)25)22-14(26)8(3)21-15(27)9(18)5-11(19)24/h7-10,13H,4-6,18H2,1-3H3,(H2,19,24)(H2,20,25)(H,21,27)(H,22,26)(H,23,28)(H,29,30). The van der Waals surface area contributed by atoms with Crippen LogP contribution in [0, 0.1) is 5.92 Å². The van der Waals surface area contributed by atoms with E-state index in [1.807, 2.05) is 0 Å². The number of carboxylic acid groups (broad SMARTS) is 1. The molecule has 0 radical (unpaired) electrons. The summed E-state index contributed by atoms with van der Waals surface area (Å²) in [4.78, 5) is 70.2. The molecule has 0 fully saturated rings. The topological polar surface area (TPSA) is 237 Å². The Kier molecular flexibility index (Phi) is 11.0. The van der Waals surface area contributed by atoms with Gasteiger partial charge in [-0.15, -0.1) is 0 Å². The number of amides is 5. The number of nitrogens with one attached hydrogen (secondary N) is 3. The SMILES string of the molecule is CCC(C)C(NC(=O)C(CC(N)=O)NC(=O)C(C)NC(=O)C(N)CC(N)=O)C(=O)O. The molecule has 0 aliphatic carbocycles. The summed E-state index contributed by atoms with van der Waals surface area (Å²) in [5.74, 6) is -6.00. The molecule has 13 nitrogen and oxygen atoms in total. The van der Waals surface area contributed by atoms with E-state index in [4.69, 9.17) is 17.2 Å². The third-order valence-corrected chi connectivity index (χ3v) is 4.33. The van der Waals surface area contributed by atoms with Crippen molar-refractivity contribution in [1.29, 1.82) is 0 Å². The first-order valence-corrected chi connectivity index (χ1v) is 9.26. The predicted molar refractivity (Wildman–Crippen MR) is 104 cm³/mol. The van der Waals surface area contributed by atoms with Crippen molar-refractivity contribution in [2.45, 2.75) is 64.2 Å². The second kappa shape index (κ2) is 12.4. The lowest BCUT2D eigenvalue weighted by molar-refractivity contribution is -0.144. The minimum Gasteiger partial charge on any atom is -0.480 e. The van der Waals surface area contributed by atoms with Gasteiger partial charge in [-0.3, -0.25) is 24.0 Å². The third kappa shape index (κ3) is 9.32. The molecule has 5 unspecified atom stereocenters. The molecule has 0 rings (SSSR count). The van der Waals surface area contributed by atoms with E-state index in [2.05, 4.69) is 16.0 Å². The summed E-state index contributed by atoms with van der Waals surface area (Å²) in [5.41, 5.74) is 15.5. The van der Waals surface area contributed by atoms with Gasteiger partial charge in [-0.05, 0) is 12.8 Å².